The highest BCUT2D eigenvalue weighted by Crippen LogP contribution is 2.22. The van der Waals surface area contributed by atoms with Gasteiger partial charge in [0.05, 0.1) is 5.54 Å². The van der Waals surface area contributed by atoms with Crippen LogP contribution in [0.25, 0.3) is 0 Å². The van der Waals surface area contributed by atoms with Gasteiger partial charge in [-0.05, 0) is 37.9 Å². The lowest BCUT2D eigenvalue weighted by Crippen LogP contribution is -2.45. The molecule has 1 fully saturated rings. The minimum absolute atomic E-state index is 0.0788. The van der Waals surface area contributed by atoms with Crippen molar-refractivity contribution in [3.05, 3.63) is 35.6 Å². The monoisotopic (exact) mass is 221 g/mol. The standard InChI is InChI=1S/C13H16FNO/c1-13(7-4-8-15-13)12(16)9-10-5-2-3-6-11(10)14/h2-3,5-6,15H,4,7-9H2,1H3. The van der Waals surface area contributed by atoms with Gasteiger partial charge in [-0.1, -0.05) is 18.2 Å². The van der Waals surface area contributed by atoms with Crippen molar-refractivity contribution in [1.82, 2.24) is 5.32 Å². The third kappa shape index (κ3) is 2.14. The fourth-order valence-corrected chi connectivity index (χ4v) is 2.14. The van der Waals surface area contributed by atoms with E-state index in [4.69, 9.17) is 0 Å². The average Bonchev–Trinajstić information content (AvgIpc) is 2.70. The molecule has 1 aromatic rings. The van der Waals surface area contributed by atoms with Gasteiger partial charge in [0, 0.05) is 6.42 Å². The van der Waals surface area contributed by atoms with Crippen molar-refractivity contribution in [2.24, 2.45) is 0 Å². The second-order valence-electron chi connectivity index (χ2n) is 4.55. The first-order valence-corrected chi connectivity index (χ1v) is 5.63. The van der Waals surface area contributed by atoms with Crippen LogP contribution in [0.3, 0.4) is 0 Å². The van der Waals surface area contributed by atoms with Gasteiger partial charge in [0.25, 0.3) is 0 Å². The Bertz CT molecular complexity index is 397. The molecule has 0 bridgehead atoms. The van der Waals surface area contributed by atoms with Crippen molar-refractivity contribution in [3.8, 4) is 0 Å². The molecular formula is C13H16FNO. The number of ketones is 1. The van der Waals surface area contributed by atoms with E-state index in [1.54, 1.807) is 18.2 Å². The molecule has 1 N–H and O–H groups in total. The topological polar surface area (TPSA) is 29.1 Å². The summed E-state index contributed by atoms with van der Waals surface area (Å²) in [4.78, 5) is 12.1. The molecule has 1 aromatic carbocycles. The van der Waals surface area contributed by atoms with Crippen LogP contribution in [0.15, 0.2) is 24.3 Å². The molecule has 1 aliphatic rings. The maximum atomic E-state index is 13.4. The second-order valence-corrected chi connectivity index (χ2v) is 4.55. The Balaban J connectivity index is 2.10. The molecule has 1 heterocycles. The van der Waals surface area contributed by atoms with Gasteiger partial charge in [0.1, 0.15) is 5.82 Å². The molecule has 16 heavy (non-hydrogen) atoms. The normalized spacial score (nSPS) is 24.6. The van der Waals surface area contributed by atoms with Crippen LogP contribution in [0.2, 0.25) is 0 Å². The number of hydrogen-bond donors (Lipinski definition) is 1. The van der Waals surface area contributed by atoms with E-state index in [-0.39, 0.29) is 18.0 Å². The fourth-order valence-electron chi connectivity index (χ4n) is 2.14. The molecule has 0 aliphatic carbocycles. The van der Waals surface area contributed by atoms with E-state index in [1.807, 2.05) is 6.92 Å². The Morgan fingerprint density at radius 3 is 2.88 bits per heavy atom. The van der Waals surface area contributed by atoms with Crippen LogP contribution in [-0.2, 0) is 11.2 Å². The lowest BCUT2D eigenvalue weighted by molar-refractivity contribution is -0.123. The van der Waals surface area contributed by atoms with Crippen LogP contribution in [-0.4, -0.2) is 17.9 Å². The lowest BCUT2D eigenvalue weighted by Gasteiger charge is -2.22. The molecule has 0 radical (unpaired) electrons. The summed E-state index contributed by atoms with van der Waals surface area (Å²) >= 11 is 0. The van der Waals surface area contributed by atoms with E-state index in [9.17, 15) is 9.18 Å². The SMILES string of the molecule is CC1(C(=O)Cc2ccccc2F)CCCN1. The summed E-state index contributed by atoms with van der Waals surface area (Å²) in [5, 5.41) is 3.20. The molecule has 86 valence electrons. The first-order valence-electron chi connectivity index (χ1n) is 5.63. The average molecular weight is 221 g/mol. The molecule has 0 saturated carbocycles. The molecular weight excluding hydrogens is 205 g/mol. The van der Waals surface area contributed by atoms with E-state index < -0.39 is 5.54 Å². The van der Waals surface area contributed by atoms with Crippen LogP contribution < -0.4 is 5.32 Å². The molecule has 1 atom stereocenters. The summed E-state index contributed by atoms with van der Waals surface area (Å²) in [7, 11) is 0. The fraction of sp³-hybridized carbons (Fsp3) is 0.462. The number of carbonyl (C=O) groups excluding carboxylic acids is 1. The highest BCUT2D eigenvalue weighted by molar-refractivity contribution is 5.90. The zero-order chi connectivity index (χ0) is 11.6. The van der Waals surface area contributed by atoms with Crippen LogP contribution in [0.5, 0.6) is 0 Å². The van der Waals surface area contributed by atoms with E-state index in [0.717, 1.165) is 19.4 Å². The predicted octanol–water partition coefficient (Wildman–Crippen LogP) is 2.08. The van der Waals surface area contributed by atoms with Crippen LogP contribution in [0, 0.1) is 5.82 Å². The zero-order valence-electron chi connectivity index (χ0n) is 9.42. The Kier molecular flexibility index (Phi) is 3.06. The lowest BCUT2D eigenvalue weighted by atomic mass is 9.90. The van der Waals surface area contributed by atoms with E-state index in [2.05, 4.69) is 5.32 Å². The highest BCUT2D eigenvalue weighted by atomic mass is 19.1. The van der Waals surface area contributed by atoms with Crippen molar-refractivity contribution < 1.29 is 9.18 Å². The third-order valence-electron chi connectivity index (χ3n) is 3.29. The molecule has 1 aliphatic heterocycles. The highest BCUT2D eigenvalue weighted by Gasteiger charge is 2.35. The van der Waals surface area contributed by atoms with Gasteiger partial charge >= 0.3 is 0 Å². The Morgan fingerprint density at radius 1 is 1.50 bits per heavy atom. The van der Waals surface area contributed by atoms with E-state index in [0.29, 0.717) is 5.56 Å². The largest absolute Gasteiger partial charge is 0.305 e. The van der Waals surface area contributed by atoms with Gasteiger partial charge < -0.3 is 5.32 Å². The van der Waals surface area contributed by atoms with Gasteiger partial charge in [0.15, 0.2) is 5.78 Å². The number of benzene rings is 1. The Hall–Kier alpha value is -1.22. The maximum absolute atomic E-state index is 13.4. The number of halogens is 1. The molecule has 3 heteroatoms. The van der Waals surface area contributed by atoms with Gasteiger partial charge in [0.2, 0.25) is 0 Å². The van der Waals surface area contributed by atoms with Gasteiger partial charge in [-0.15, -0.1) is 0 Å². The van der Waals surface area contributed by atoms with E-state index >= 15 is 0 Å². The van der Waals surface area contributed by atoms with Gasteiger partial charge in [-0.25, -0.2) is 4.39 Å². The van der Waals surface area contributed by atoms with Crippen LogP contribution >= 0.6 is 0 Å². The summed E-state index contributed by atoms with van der Waals surface area (Å²) in [6.07, 6.45) is 2.04. The molecule has 0 aromatic heterocycles. The first kappa shape index (κ1) is 11.3. The number of hydrogen-bond acceptors (Lipinski definition) is 2. The maximum Gasteiger partial charge on any atom is 0.157 e. The van der Waals surface area contributed by atoms with Crippen molar-refractivity contribution in [1.29, 1.82) is 0 Å². The molecule has 0 spiro atoms. The quantitative estimate of drug-likeness (QED) is 0.846. The van der Waals surface area contributed by atoms with Gasteiger partial charge in [-0.3, -0.25) is 4.79 Å². The van der Waals surface area contributed by atoms with Crippen molar-refractivity contribution in [3.63, 3.8) is 0 Å². The van der Waals surface area contributed by atoms with Crippen molar-refractivity contribution in [2.75, 3.05) is 6.54 Å². The number of nitrogens with one attached hydrogen (secondary N) is 1. The molecule has 1 saturated heterocycles. The number of carbonyl (C=O) groups is 1. The molecule has 0 amide bonds. The van der Waals surface area contributed by atoms with Crippen LogP contribution in [0.4, 0.5) is 4.39 Å². The van der Waals surface area contributed by atoms with Crippen molar-refractivity contribution in [2.45, 2.75) is 31.7 Å². The summed E-state index contributed by atoms with van der Waals surface area (Å²) in [5.74, 6) is -0.215. The van der Waals surface area contributed by atoms with Crippen LogP contribution in [0.1, 0.15) is 25.3 Å². The minimum atomic E-state index is -0.456. The molecule has 2 rings (SSSR count). The summed E-state index contributed by atoms with van der Waals surface area (Å²) in [6, 6.07) is 6.47. The second kappa shape index (κ2) is 4.34. The Morgan fingerprint density at radius 2 is 2.25 bits per heavy atom. The summed E-state index contributed by atoms with van der Waals surface area (Å²) in [6.45, 7) is 2.78. The molecule has 1 unspecified atom stereocenters. The smallest absolute Gasteiger partial charge is 0.157 e. The van der Waals surface area contributed by atoms with Gasteiger partial charge in [-0.2, -0.15) is 0 Å². The minimum Gasteiger partial charge on any atom is -0.305 e. The summed E-state index contributed by atoms with van der Waals surface area (Å²) < 4.78 is 13.4. The summed E-state index contributed by atoms with van der Waals surface area (Å²) in [5.41, 5.74) is 0.0323. The first-order chi connectivity index (χ1) is 7.62. The van der Waals surface area contributed by atoms with Crippen molar-refractivity contribution >= 4 is 5.78 Å². The predicted molar refractivity (Wildman–Crippen MR) is 60.8 cm³/mol. The van der Waals surface area contributed by atoms with E-state index in [1.165, 1.54) is 6.07 Å². The third-order valence-corrected chi connectivity index (χ3v) is 3.29. The Labute approximate surface area is 94.9 Å². The zero-order valence-corrected chi connectivity index (χ0v) is 9.42. The number of rotatable bonds is 3. The molecule has 2 nitrogen and oxygen atoms in total. The number of Topliss-reactive ketones (excluding diaryl/α,β-unsaturated/α-hetero) is 1.